The van der Waals surface area contributed by atoms with Gasteiger partial charge in [-0.3, -0.25) is 13.8 Å². The number of phosphoric ester groups is 1. The number of hydrogen-bond donors (Lipinski definition) is 3. The Labute approximate surface area is 427 Å². The molecule has 0 aromatic carbocycles. The van der Waals surface area contributed by atoms with Gasteiger partial charge in [0.15, 0.2) is 0 Å². The van der Waals surface area contributed by atoms with E-state index in [-0.39, 0.29) is 19.1 Å². The van der Waals surface area contributed by atoms with Crippen LogP contribution in [0.15, 0.2) is 72.9 Å². The highest BCUT2D eigenvalue weighted by Crippen LogP contribution is 2.43. The van der Waals surface area contributed by atoms with Gasteiger partial charge in [0, 0.05) is 6.42 Å². The normalized spacial score (nSPS) is 14.5. The Morgan fingerprint density at radius 3 is 1.33 bits per heavy atom. The lowest BCUT2D eigenvalue weighted by molar-refractivity contribution is -0.870. The average molecular weight is 989 g/mol. The van der Waals surface area contributed by atoms with Crippen LogP contribution in [-0.4, -0.2) is 73.4 Å². The maximum atomic E-state index is 12.9. The molecule has 0 aliphatic carbocycles. The van der Waals surface area contributed by atoms with E-state index in [1.807, 2.05) is 27.2 Å². The van der Waals surface area contributed by atoms with Crippen molar-refractivity contribution in [1.82, 2.24) is 5.32 Å². The number of nitrogens with zero attached hydrogens (tertiary/aromatic N) is 1. The van der Waals surface area contributed by atoms with Gasteiger partial charge in [-0.15, -0.1) is 0 Å². The quantitative estimate of drug-likeness (QED) is 0.0243. The van der Waals surface area contributed by atoms with Crippen molar-refractivity contribution in [2.24, 2.45) is 0 Å². The average Bonchev–Trinajstić information content (AvgIpc) is 3.31. The van der Waals surface area contributed by atoms with Gasteiger partial charge in [0.25, 0.3) is 0 Å². The van der Waals surface area contributed by atoms with E-state index in [0.717, 1.165) is 77.0 Å². The molecule has 0 aliphatic heterocycles. The topological polar surface area (TPSA) is 105 Å². The Bertz CT molecular complexity index is 1350. The molecule has 0 spiro atoms. The van der Waals surface area contributed by atoms with Gasteiger partial charge in [-0.1, -0.05) is 241 Å². The predicted octanol–water partition coefficient (Wildman–Crippen LogP) is 17.5. The molecule has 9 heteroatoms. The van der Waals surface area contributed by atoms with E-state index in [9.17, 15) is 19.4 Å². The highest BCUT2D eigenvalue weighted by molar-refractivity contribution is 7.47. The minimum atomic E-state index is -4.36. The van der Waals surface area contributed by atoms with Gasteiger partial charge < -0.3 is 19.8 Å². The second-order valence-corrected chi connectivity index (χ2v) is 22.1. The summed E-state index contributed by atoms with van der Waals surface area (Å²) in [6.45, 7) is 4.68. The number of likely N-dealkylation sites (N-methyl/N-ethyl adjacent to an activating group) is 1. The Morgan fingerprint density at radius 2 is 0.884 bits per heavy atom. The van der Waals surface area contributed by atoms with Crippen molar-refractivity contribution >= 4 is 13.7 Å². The number of allylic oxidation sites excluding steroid dienone is 11. The molecule has 3 N–H and O–H groups in total. The summed E-state index contributed by atoms with van der Waals surface area (Å²) in [6.07, 6.45) is 70.2. The zero-order chi connectivity index (χ0) is 50.6. The molecule has 69 heavy (non-hydrogen) atoms. The number of amides is 1. The van der Waals surface area contributed by atoms with Crippen molar-refractivity contribution in [3.05, 3.63) is 72.9 Å². The van der Waals surface area contributed by atoms with E-state index in [1.54, 1.807) is 6.08 Å². The van der Waals surface area contributed by atoms with Crippen LogP contribution in [0.2, 0.25) is 0 Å². The summed E-state index contributed by atoms with van der Waals surface area (Å²) in [5.41, 5.74) is 0. The van der Waals surface area contributed by atoms with Gasteiger partial charge in [0.2, 0.25) is 5.91 Å². The van der Waals surface area contributed by atoms with Crippen LogP contribution in [0.5, 0.6) is 0 Å². The smallest absolute Gasteiger partial charge is 0.387 e. The van der Waals surface area contributed by atoms with Crippen molar-refractivity contribution in [3.8, 4) is 0 Å². The Morgan fingerprint density at radius 1 is 0.507 bits per heavy atom. The summed E-state index contributed by atoms with van der Waals surface area (Å²) in [5, 5.41) is 13.9. The molecule has 3 atom stereocenters. The SMILES string of the molecule is CC/C=C\C/C=C\C/C=C\CCCCCCCCCC(=O)NC(COP(=O)(O)OCC[N+](C)(C)C)C(O)/C=C/CC/C=C/CC/C=C/CCCCCCCCCCCCCCCCCCCCCC. The van der Waals surface area contributed by atoms with Crippen LogP contribution in [0.3, 0.4) is 0 Å². The third kappa shape index (κ3) is 53.6. The first-order valence-electron chi connectivity index (χ1n) is 28.8. The van der Waals surface area contributed by atoms with Crippen LogP contribution < -0.4 is 5.32 Å². The summed E-state index contributed by atoms with van der Waals surface area (Å²) in [7, 11) is 1.53. The summed E-state index contributed by atoms with van der Waals surface area (Å²) in [6, 6.07) is -0.879. The molecule has 0 heterocycles. The number of nitrogens with one attached hydrogen (secondary N) is 1. The molecule has 0 saturated carbocycles. The van der Waals surface area contributed by atoms with E-state index in [1.165, 1.54) is 154 Å². The minimum Gasteiger partial charge on any atom is -0.387 e. The fourth-order valence-electron chi connectivity index (χ4n) is 8.15. The van der Waals surface area contributed by atoms with Crippen LogP contribution in [-0.2, 0) is 18.4 Å². The van der Waals surface area contributed by atoms with Gasteiger partial charge >= 0.3 is 7.82 Å². The van der Waals surface area contributed by atoms with E-state index < -0.39 is 20.0 Å². The zero-order valence-electron chi connectivity index (χ0n) is 45.8. The number of quaternary nitrogens is 1. The van der Waals surface area contributed by atoms with E-state index in [4.69, 9.17) is 9.05 Å². The number of unbranched alkanes of at least 4 members (excludes halogenated alkanes) is 29. The van der Waals surface area contributed by atoms with Crippen molar-refractivity contribution in [2.45, 2.75) is 264 Å². The van der Waals surface area contributed by atoms with Crippen molar-refractivity contribution in [3.63, 3.8) is 0 Å². The second kappa shape index (κ2) is 50.9. The molecule has 0 aliphatic rings. The number of hydrogen-bond acceptors (Lipinski definition) is 5. The molecule has 0 radical (unpaired) electrons. The van der Waals surface area contributed by atoms with Crippen LogP contribution in [0, 0.1) is 0 Å². The third-order valence-electron chi connectivity index (χ3n) is 12.6. The van der Waals surface area contributed by atoms with Gasteiger partial charge in [-0.2, -0.15) is 0 Å². The van der Waals surface area contributed by atoms with Gasteiger partial charge in [-0.05, 0) is 77.0 Å². The molecule has 3 unspecified atom stereocenters. The number of carbonyl (C=O) groups is 1. The molecule has 0 fully saturated rings. The van der Waals surface area contributed by atoms with Gasteiger partial charge in [0.1, 0.15) is 13.2 Å². The molecule has 0 saturated heterocycles. The zero-order valence-corrected chi connectivity index (χ0v) is 46.7. The molecule has 0 aromatic rings. The largest absolute Gasteiger partial charge is 0.472 e. The lowest BCUT2D eigenvalue weighted by Crippen LogP contribution is -2.45. The number of aliphatic hydroxyl groups is 1. The Kier molecular flexibility index (Phi) is 49.3. The highest BCUT2D eigenvalue weighted by Gasteiger charge is 2.27. The summed E-state index contributed by atoms with van der Waals surface area (Å²) in [4.78, 5) is 23.2. The number of phosphoric acid groups is 1. The fraction of sp³-hybridized carbons (Fsp3) is 0.783. The minimum absolute atomic E-state index is 0.0483. The molecule has 8 nitrogen and oxygen atoms in total. The van der Waals surface area contributed by atoms with E-state index in [0.29, 0.717) is 17.4 Å². The predicted molar refractivity (Wildman–Crippen MR) is 300 cm³/mol. The molecule has 1 amide bonds. The van der Waals surface area contributed by atoms with E-state index in [2.05, 4.69) is 79.9 Å². The van der Waals surface area contributed by atoms with Crippen LogP contribution in [0.4, 0.5) is 0 Å². The van der Waals surface area contributed by atoms with Crippen LogP contribution in [0.25, 0.3) is 0 Å². The third-order valence-corrected chi connectivity index (χ3v) is 13.6. The molecular formula is C60H112N2O6P+. The molecule has 402 valence electrons. The summed E-state index contributed by atoms with van der Waals surface area (Å²) in [5.74, 6) is -0.202. The second-order valence-electron chi connectivity index (χ2n) is 20.6. The van der Waals surface area contributed by atoms with Crippen LogP contribution in [0.1, 0.15) is 251 Å². The van der Waals surface area contributed by atoms with Gasteiger partial charge in [-0.25, -0.2) is 4.57 Å². The standard InChI is InChI=1S/C60H111N2O6P/c1-6-8-10-12-14-16-18-20-22-24-25-26-27-28-29-30-31-32-33-34-35-36-38-39-41-43-45-47-49-51-53-59(63)58(57-68-69(65,66)67-56-55-62(3,4)5)61-60(64)54-52-50-48-46-44-42-40-37-23-21-19-17-15-13-11-9-7-2/h9,11,15,17,21,23,36,38,43,45,51,53,58-59,63H,6-8,10,12-14,16,18-20,22,24-35,37,39-42,44,46-50,52,54-57H2,1-5H3,(H-,61,64,65,66)/p+1/b11-9-,17-15-,23-21-,38-36+,45-43+,53-51+. The highest BCUT2D eigenvalue weighted by atomic mass is 31.2. The number of carbonyl (C=O) groups excluding carboxylic acids is 1. The lowest BCUT2D eigenvalue weighted by Gasteiger charge is -2.25. The Hall–Kier alpha value is -2.06. The first-order chi connectivity index (χ1) is 33.5. The lowest BCUT2D eigenvalue weighted by atomic mass is 10.0. The summed E-state index contributed by atoms with van der Waals surface area (Å²) >= 11 is 0. The first-order valence-corrected chi connectivity index (χ1v) is 30.3. The van der Waals surface area contributed by atoms with Crippen LogP contribution >= 0.6 is 7.82 Å². The maximum Gasteiger partial charge on any atom is 0.472 e. The monoisotopic (exact) mass is 988 g/mol. The molecule has 0 rings (SSSR count). The molecule has 0 aromatic heterocycles. The number of rotatable bonds is 52. The first kappa shape index (κ1) is 66.9. The van der Waals surface area contributed by atoms with Crippen molar-refractivity contribution in [2.75, 3.05) is 40.9 Å². The van der Waals surface area contributed by atoms with Gasteiger partial charge in [0.05, 0.1) is 39.9 Å². The maximum absolute atomic E-state index is 12.9. The van der Waals surface area contributed by atoms with Crippen molar-refractivity contribution < 1.29 is 32.9 Å². The Balaban J connectivity index is 4.25. The summed E-state index contributed by atoms with van der Waals surface area (Å²) < 4.78 is 23.7. The number of aliphatic hydroxyl groups excluding tert-OH is 1. The van der Waals surface area contributed by atoms with Crippen molar-refractivity contribution in [1.29, 1.82) is 0 Å². The molecular weight excluding hydrogens is 876 g/mol. The fourth-order valence-corrected chi connectivity index (χ4v) is 8.88. The van der Waals surface area contributed by atoms with E-state index >= 15 is 0 Å². The molecule has 0 bridgehead atoms.